The molecule has 2 aromatic rings. The molecule has 0 aromatic heterocycles. The summed E-state index contributed by atoms with van der Waals surface area (Å²) in [5.41, 5.74) is 4.84. The van der Waals surface area contributed by atoms with Crippen LogP contribution in [0, 0.1) is 39.5 Å². The number of aryl methyl sites for hydroxylation is 4. The summed E-state index contributed by atoms with van der Waals surface area (Å²) in [6, 6.07) is 11.3. The second-order valence-electron chi connectivity index (χ2n) is 5.54. The van der Waals surface area contributed by atoms with E-state index in [0.29, 0.717) is 11.1 Å². The molecule has 0 aliphatic rings. The molecule has 22 heavy (non-hydrogen) atoms. The first-order valence-electron chi connectivity index (χ1n) is 7.13. The first kappa shape index (κ1) is 15.7. The van der Waals surface area contributed by atoms with Crippen molar-refractivity contribution >= 4 is 11.6 Å². The molecule has 0 N–H and O–H groups in total. The topological polar surface area (TPSA) is 34.1 Å². The van der Waals surface area contributed by atoms with Gasteiger partial charge < -0.3 is 0 Å². The van der Waals surface area contributed by atoms with Gasteiger partial charge in [-0.2, -0.15) is 0 Å². The summed E-state index contributed by atoms with van der Waals surface area (Å²) in [6.07, 6.45) is 0. The third-order valence-electron chi connectivity index (χ3n) is 3.56. The smallest absolute Gasteiger partial charge is 0.236 e. The van der Waals surface area contributed by atoms with Crippen LogP contribution in [-0.4, -0.2) is 11.6 Å². The lowest BCUT2D eigenvalue weighted by atomic mass is 10.0. The second-order valence-corrected chi connectivity index (χ2v) is 5.54. The van der Waals surface area contributed by atoms with Crippen LogP contribution in [0.2, 0.25) is 0 Å². The molecule has 0 aliphatic carbocycles. The summed E-state index contributed by atoms with van der Waals surface area (Å²) < 4.78 is 0. The molecule has 110 valence electrons. The number of ketones is 2. The van der Waals surface area contributed by atoms with Crippen molar-refractivity contribution in [3.05, 3.63) is 69.8 Å². The average Bonchev–Trinajstić information content (AvgIpc) is 2.49. The lowest BCUT2D eigenvalue weighted by molar-refractivity contribution is 0.103. The standard InChI is InChI=1S/C20H18O2/c1-13-5-7-15(3)17(11-13)19(21)9-10-20(22)18-12-14(2)6-8-16(18)4/h5-8,11-12H,1-4H3. The molecular weight excluding hydrogens is 272 g/mol. The Bertz CT molecular complexity index is 750. The van der Waals surface area contributed by atoms with Gasteiger partial charge in [0.15, 0.2) is 0 Å². The zero-order chi connectivity index (χ0) is 16.3. The van der Waals surface area contributed by atoms with E-state index < -0.39 is 0 Å². The largest absolute Gasteiger partial charge is 0.279 e. The minimum absolute atomic E-state index is 0.320. The fourth-order valence-corrected chi connectivity index (χ4v) is 2.21. The van der Waals surface area contributed by atoms with Gasteiger partial charge >= 0.3 is 0 Å². The van der Waals surface area contributed by atoms with Crippen LogP contribution in [-0.2, 0) is 0 Å². The first-order chi connectivity index (χ1) is 10.4. The van der Waals surface area contributed by atoms with E-state index in [1.54, 1.807) is 12.1 Å². The fraction of sp³-hybridized carbons (Fsp3) is 0.200. The molecule has 0 fully saturated rings. The molecule has 2 nitrogen and oxygen atoms in total. The summed E-state index contributed by atoms with van der Waals surface area (Å²) in [4.78, 5) is 24.4. The van der Waals surface area contributed by atoms with Crippen LogP contribution in [0.1, 0.15) is 43.0 Å². The van der Waals surface area contributed by atoms with Crippen LogP contribution < -0.4 is 0 Å². The predicted molar refractivity (Wildman–Crippen MR) is 88.3 cm³/mol. The van der Waals surface area contributed by atoms with Gasteiger partial charge in [-0.3, -0.25) is 9.59 Å². The average molecular weight is 290 g/mol. The predicted octanol–water partition coefficient (Wildman–Crippen LogP) is 3.99. The fourth-order valence-electron chi connectivity index (χ4n) is 2.21. The lowest BCUT2D eigenvalue weighted by Crippen LogP contribution is -2.03. The zero-order valence-corrected chi connectivity index (χ0v) is 13.3. The highest BCUT2D eigenvalue weighted by molar-refractivity contribution is 6.17. The first-order valence-corrected chi connectivity index (χ1v) is 7.13. The summed E-state index contributed by atoms with van der Waals surface area (Å²) in [5.74, 6) is 4.31. The number of hydrogen-bond acceptors (Lipinski definition) is 2. The number of hydrogen-bond donors (Lipinski definition) is 0. The molecule has 0 saturated carbocycles. The molecule has 0 atom stereocenters. The van der Waals surface area contributed by atoms with Crippen molar-refractivity contribution in [1.29, 1.82) is 0 Å². The van der Waals surface area contributed by atoms with Crippen molar-refractivity contribution in [2.24, 2.45) is 0 Å². The molecule has 0 spiro atoms. The van der Waals surface area contributed by atoms with Gasteiger partial charge in [0, 0.05) is 11.1 Å². The van der Waals surface area contributed by atoms with Gasteiger partial charge in [0.1, 0.15) is 0 Å². The Labute approximate surface area is 131 Å². The van der Waals surface area contributed by atoms with Gasteiger partial charge in [0.2, 0.25) is 11.6 Å². The number of carbonyl (C=O) groups excluding carboxylic acids is 2. The van der Waals surface area contributed by atoms with Crippen LogP contribution in [0.15, 0.2) is 36.4 Å². The van der Waals surface area contributed by atoms with E-state index >= 15 is 0 Å². The van der Waals surface area contributed by atoms with E-state index in [9.17, 15) is 9.59 Å². The highest BCUT2D eigenvalue weighted by Crippen LogP contribution is 2.12. The van der Waals surface area contributed by atoms with Gasteiger partial charge in [-0.05, 0) is 62.8 Å². The monoisotopic (exact) mass is 290 g/mol. The van der Waals surface area contributed by atoms with Gasteiger partial charge in [-0.15, -0.1) is 0 Å². The van der Waals surface area contributed by atoms with E-state index in [-0.39, 0.29) is 11.6 Å². The maximum atomic E-state index is 12.2. The minimum Gasteiger partial charge on any atom is -0.279 e. The van der Waals surface area contributed by atoms with E-state index in [4.69, 9.17) is 0 Å². The lowest BCUT2D eigenvalue weighted by Gasteiger charge is -2.02. The third kappa shape index (κ3) is 3.51. The molecule has 0 radical (unpaired) electrons. The molecule has 0 aliphatic heterocycles. The summed E-state index contributed by atoms with van der Waals surface area (Å²) in [6.45, 7) is 7.57. The molecule has 2 heteroatoms. The third-order valence-corrected chi connectivity index (χ3v) is 3.56. The van der Waals surface area contributed by atoms with Crippen molar-refractivity contribution in [2.75, 3.05) is 0 Å². The highest BCUT2D eigenvalue weighted by atomic mass is 16.1. The summed E-state index contributed by atoms with van der Waals surface area (Å²) in [5, 5.41) is 0. The van der Waals surface area contributed by atoms with Crippen molar-refractivity contribution in [3.8, 4) is 11.8 Å². The Morgan fingerprint density at radius 1 is 0.682 bits per heavy atom. The molecule has 0 unspecified atom stereocenters. The van der Waals surface area contributed by atoms with Crippen LogP contribution in [0.3, 0.4) is 0 Å². The summed E-state index contributed by atoms with van der Waals surface area (Å²) in [7, 11) is 0. The van der Waals surface area contributed by atoms with Crippen molar-refractivity contribution < 1.29 is 9.59 Å². The Morgan fingerprint density at radius 2 is 1.05 bits per heavy atom. The second kappa shape index (κ2) is 6.41. The van der Waals surface area contributed by atoms with Gasteiger partial charge in [-0.25, -0.2) is 0 Å². The van der Waals surface area contributed by atoms with Crippen molar-refractivity contribution in [3.63, 3.8) is 0 Å². The molecule has 0 saturated heterocycles. The van der Waals surface area contributed by atoms with E-state index in [2.05, 4.69) is 11.8 Å². The number of rotatable bonds is 2. The Kier molecular flexibility index (Phi) is 4.58. The quantitative estimate of drug-likeness (QED) is 0.476. The highest BCUT2D eigenvalue weighted by Gasteiger charge is 2.09. The number of Topliss-reactive ketones (excluding diaryl/α,β-unsaturated/α-hetero) is 2. The zero-order valence-electron chi connectivity index (χ0n) is 13.3. The Morgan fingerprint density at radius 3 is 1.41 bits per heavy atom. The van der Waals surface area contributed by atoms with Crippen LogP contribution in [0.4, 0.5) is 0 Å². The Balaban J connectivity index is 2.29. The van der Waals surface area contributed by atoms with Gasteiger partial charge in [0.05, 0.1) is 0 Å². The van der Waals surface area contributed by atoms with Crippen LogP contribution >= 0.6 is 0 Å². The number of benzene rings is 2. The molecule has 2 rings (SSSR count). The summed E-state index contributed by atoms with van der Waals surface area (Å²) >= 11 is 0. The normalized spacial score (nSPS) is 9.82. The molecular formula is C20H18O2. The minimum atomic E-state index is -0.320. The van der Waals surface area contributed by atoms with E-state index in [1.165, 1.54) is 0 Å². The maximum Gasteiger partial charge on any atom is 0.236 e. The molecule has 0 heterocycles. The molecule has 0 amide bonds. The van der Waals surface area contributed by atoms with Crippen molar-refractivity contribution in [1.82, 2.24) is 0 Å². The molecule has 2 aromatic carbocycles. The van der Waals surface area contributed by atoms with Gasteiger partial charge in [-0.1, -0.05) is 35.4 Å². The van der Waals surface area contributed by atoms with Crippen LogP contribution in [0.25, 0.3) is 0 Å². The SMILES string of the molecule is Cc1ccc(C)c(C(=O)C#CC(=O)c2cc(C)ccc2C)c1. The Hall–Kier alpha value is -2.66. The van der Waals surface area contributed by atoms with Crippen LogP contribution in [0.5, 0.6) is 0 Å². The molecule has 0 bridgehead atoms. The maximum absolute atomic E-state index is 12.2. The number of carbonyl (C=O) groups is 2. The van der Waals surface area contributed by atoms with Gasteiger partial charge in [0.25, 0.3) is 0 Å². The van der Waals surface area contributed by atoms with E-state index in [0.717, 1.165) is 22.3 Å². The van der Waals surface area contributed by atoms with Crippen molar-refractivity contribution in [2.45, 2.75) is 27.7 Å². The van der Waals surface area contributed by atoms with E-state index in [1.807, 2.05) is 52.0 Å².